The van der Waals surface area contributed by atoms with Crippen LogP contribution in [0.3, 0.4) is 0 Å². The van der Waals surface area contributed by atoms with E-state index in [1.807, 2.05) is 0 Å². The highest BCUT2D eigenvalue weighted by Gasteiger charge is 2.24. The second kappa shape index (κ2) is 4.23. The number of hydrogen-bond donors (Lipinski definition) is 0. The van der Waals surface area contributed by atoms with E-state index in [9.17, 15) is 0 Å². The molecule has 0 saturated carbocycles. The quantitative estimate of drug-likeness (QED) is 0.255. The van der Waals surface area contributed by atoms with Gasteiger partial charge in [0.1, 0.15) is 0 Å². The average molecular weight is 326 g/mol. The van der Waals surface area contributed by atoms with Gasteiger partial charge >= 0.3 is 0 Å². The van der Waals surface area contributed by atoms with Gasteiger partial charge < -0.3 is 0 Å². The lowest BCUT2D eigenvalue weighted by molar-refractivity contribution is 1.76. The summed E-state index contributed by atoms with van der Waals surface area (Å²) in [5, 5.41) is 10.9. The summed E-state index contributed by atoms with van der Waals surface area (Å²) in [5.41, 5.74) is 5.54. The summed E-state index contributed by atoms with van der Waals surface area (Å²) in [6.07, 6.45) is 0. The Kier molecular flexibility index (Phi) is 2.10. The molecule has 0 atom stereocenters. The van der Waals surface area contributed by atoms with Crippen molar-refractivity contribution < 1.29 is 0 Å². The molecule has 0 unspecified atom stereocenters. The fourth-order valence-corrected chi connectivity index (χ4v) is 5.09. The van der Waals surface area contributed by atoms with E-state index in [1.54, 1.807) is 0 Å². The molecule has 0 aliphatic heterocycles. The first-order valence-electron chi connectivity index (χ1n) is 9.13. The highest BCUT2D eigenvalue weighted by molar-refractivity contribution is 6.31. The summed E-state index contributed by atoms with van der Waals surface area (Å²) >= 11 is 0. The van der Waals surface area contributed by atoms with Gasteiger partial charge in [-0.05, 0) is 71.4 Å². The molecule has 0 heterocycles. The third-order valence-corrected chi connectivity index (χ3v) is 6.11. The Hall–Kier alpha value is -3.38. The minimum Gasteiger partial charge on any atom is -0.0610 e. The number of hydrogen-bond acceptors (Lipinski definition) is 0. The van der Waals surface area contributed by atoms with Crippen LogP contribution in [0.25, 0.3) is 65.3 Å². The van der Waals surface area contributed by atoms with Crippen molar-refractivity contribution in [2.75, 3.05) is 0 Å². The predicted molar refractivity (Wildman–Crippen MR) is 112 cm³/mol. The van der Waals surface area contributed by atoms with Gasteiger partial charge in [-0.1, -0.05) is 78.9 Å². The number of benzene rings is 6. The summed E-state index contributed by atoms with van der Waals surface area (Å²) in [7, 11) is 0. The van der Waals surface area contributed by atoms with Crippen LogP contribution in [0.4, 0.5) is 0 Å². The first kappa shape index (κ1) is 12.9. The van der Waals surface area contributed by atoms with Crippen LogP contribution in [0, 0.1) is 0 Å². The fourth-order valence-electron chi connectivity index (χ4n) is 5.09. The van der Waals surface area contributed by atoms with Crippen LogP contribution in [0.2, 0.25) is 0 Å². The molecule has 0 amide bonds. The van der Waals surface area contributed by atoms with Gasteiger partial charge in [-0.3, -0.25) is 0 Å². The Morgan fingerprint density at radius 1 is 0.385 bits per heavy atom. The molecule has 0 spiro atoms. The molecule has 1 aliphatic carbocycles. The van der Waals surface area contributed by atoms with E-state index in [-0.39, 0.29) is 0 Å². The zero-order chi connectivity index (χ0) is 16.8. The van der Waals surface area contributed by atoms with Gasteiger partial charge in [0.25, 0.3) is 0 Å². The molecule has 0 heteroatoms. The summed E-state index contributed by atoms with van der Waals surface area (Å²) in [5.74, 6) is 0. The van der Waals surface area contributed by atoms with Gasteiger partial charge in [-0.25, -0.2) is 0 Å². The highest BCUT2D eigenvalue weighted by atomic mass is 14.3. The second-order valence-corrected chi connectivity index (χ2v) is 7.36. The SMILES string of the molecule is c1cc2c3c(cccc3c1)-c1c-2cc2ccc3cccc4ccc1c2c34. The largest absolute Gasteiger partial charge is 0.0610 e. The Balaban J connectivity index is 1.81. The van der Waals surface area contributed by atoms with E-state index in [1.165, 1.54) is 65.3 Å². The van der Waals surface area contributed by atoms with Gasteiger partial charge in [0.2, 0.25) is 0 Å². The molecule has 7 rings (SSSR count). The van der Waals surface area contributed by atoms with Crippen LogP contribution >= 0.6 is 0 Å². The lowest BCUT2D eigenvalue weighted by Crippen LogP contribution is -1.87. The lowest BCUT2D eigenvalue weighted by atomic mass is 9.88. The molecule has 6 aromatic rings. The highest BCUT2D eigenvalue weighted by Crippen LogP contribution is 2.52. The Bertz CT molecular complexity index is 1500. The van der Waals surface area contributed by atoms with Crippen LogP contribution < -0.4 is 0 Å². The topological polar surface area (TPSA) is 0 Å². The molecule has 0 fully saturated rings. The minimum atomic E-state index is 1.33. The van der Waals surface area contributed by atoms with Crippen LogP contribution in [0.1, 0.15) is 0 Å². The molecule has 118 valence electrons. The van der Waals surface area contributed by atoms with Gasteiger partial charge in [0.15, 0.2) is 0 Å². The molecule has 1 aliphatic rings. The zero-order valence-corrected chi connectivity index (χ0v) is 14.1. The van der Waals surface area contributed by atoms with Crippen LogP contribution in [0.5, 0.6) is 0 Å². The van der Waals surface area contributed by atoms with Crippen molar-refractivity contribution in [1.29, 1.82) is 0 Å². The van der Waals surface area contributed by atoms with Crippen molar-refractivity contribution in [1.82, 2.24) is 0 Å². The molecule has 26 heavy (non-hydrogen) atoms. The number of rotatable bonds is 0. The van der Waals surface area contributed by atoms with E-state index in [0.29, 0.717) is 0 Å². The zero-order valence-electron chi connectivity index (χ0n) is 14.1. The molecule has 0 nitrogen and oxygen atoms in total. The van der Waals surface area contributed by atoms with E-state index >= 15 is 0 Å². The van der Waals surface area contributed by atoms with Gasteiger partial charge in [0, 0.05) is 0 Å². The third-order valence-electron chi connectivity index (χ3n) is 6.11. The third kappa shape index (κ3) is 1.35. The lowest BCUT2D eigenvalue weighted by Gasteiger charge is -2.14. The average Bonchev–Trinajstić information content (AvgIpc) is 3.02. The summed E-state index contributed by atoms with van der Waals surface area (Å²) in [4.78, 5) is 0. The van der Waals surface area contributed by atoms with E-state index in [4.69, 9.17) is 0 Å². The molecule has 0 bridgehead atoms. The molecule has 6 aromatic carbocycles. The summed E-state index contributed by atoms with van der Waals surface area (Å²) in [6.45, 7) is 0. The van der Waals surface area contributed by atoms with E-state index < -0.39 is 0 Å². The summed E-state index contributed by atoms with van der Waals surface area (Å²) < 4.78 is 0. The van der Waals surface area contributed by atoms with Crippen molar-refractivity contribution in [2.24, 2.45) is 0 Å². The molecule has 0 radical (unpaired) electrons. The van der Waals surface area contributed by atoms with Gasteiger partial charge in [-0.2, -0.15) is 0 Å². The molecule has 0 aromatic heterocycles. The van der Waals surface area contributed by atoms with Gasteiger partial charge in [0.05, 0.1) is 0 Å². The first-order valence-corrected chi connectivity index (χ1v) is 9.13. The predicted octanol–water partition coefficient (Wildman–Crippen LogP) is 7.38. The van der Waals surface area contributed by atoms with Crippen LogP contribution in [-0.4, -0.2) is 0 Å². The first-order chi connectivity index (χ1) is 12.9. The van der Waals surface area contributed by atoms with Crippen molar-refractivity contribution in [3.8, 4) is 22.3 Å². The van der Waals surface area contributed by atoms with Crippen molar-refractivity contribution in [3.63, 3.8) is 0 Å². The molecular weight excluding hydrogens is 312 g/mol. The normalized spacial score (nSPS) is 12.6. The Labute approximate surface area is 150 Å². The fraction of sp³-hybridized carbons (Fsp3) is 0. The van der Waals surface area contributed by atoms with E-state index in [2.05, 4.69) is 84.9 Å². The van der Waals surface area contributed by atoms with Crippen molar-refractivity contribution in [2.45, 2.75) is 0 Å². The second-order valence-electron chi connectivity index (χ2n) is 7.36. The minimum absolute atomic E-state index is 1.33. The maximum atomic E-state index is 2.40. The summed E-state index contributed by atoms with van der Waals surface area (Å²) in [6, 6.07) is 31.5. The monoisotopic (exact) mass is 326 g/mol. The van der Waals surface area contributed by atoms with Crippen LogP contribution in [-0.2, 0) is 0 Å². The Morgan fingerprint density at radius 3 is 1.81 bits per heavy atom. The van der Waals surface area contributed by atoms with Gasteiger partial charge in [-0.15, -0.1) is 0 Å². The molecular formula is C26H14. The van der Waals surface area contributed by atoms with Crippen molar-refractivity contribution in [3.05, 3.63) is 84.9 Å². The maximum absolute atomic E-state index is 2.40. The van der Waals surface area contributed by atoms with Crippen molar-refractivity contribution >= 4 is 43.1 Å². The molecule has 0 N–H and O–H groups in total. The van der Waals surface area contributed by atoms with Crippen LogP contribution in [0.15, 0.2) is 84.9 Å². The standard InChI is InChI=1S/C26H14/c1-4-16-10-11-18-14-22-19-8-2-6-15-7-3-9-20(24(15)19)26(22)21-13-12-17(5-1)23(16)25(18)21/h1-14H. The maximum Gasteiger partial charge on any atom is -0.00195 e. The number of fused-ring (bicyclic) bond motifs is 4. The smallest absolute Gasteiger partial charge is 0.00195 e. The molecule has 0 saturated heterocycles. The van der Waals surface area contributed by atoms with E-state index in [0.717, 1.165) is 0 Å². The Morgan fingerprint density at radius 2 is 1.00 bits per heavy atom.